The number of nitrogens with zero attached hydrogens (tertiary/aromatic N) is 6. The fraction of sp³-hybridized carbons (Fsp3) is 0.588. The lowest BCUT2D eigenvalue weighted by atomic mass is 10.3. The van der Waals surface area contributed by atoms with Gasteiger partial charge in [-0.3, -0.25) is 14.1 Å². The standard InChI is InChI=1S/C17H26N6O2/c1-19(2)16(24)14-21-8-5-7-20(10-11-21)12-13-23-17(25)22-9-4-3-6-15(22)18-23/h3-4,6,9H,5,7-8,10-14H2,1-2H3. The molecule has 8 heteroatoms. The van der Waals surface area contributed by atoms with Crippen LogP contribution in [0, 0.1) is 0 Å². The molecule has 25 heavy (non-hydrogen) atoms. The van der Waals surface area contributed by atoms with E-state index in [0.29, 0.717) is 18.7 Å². The van der Waals surface area contributed by atoms with Crippen LogP contribution in [0.5, 0.6) is 0 Å². The summed E-state index contributed by atoms with van der Waals surface area (Å²) in [7, 11) is 3.58. The summed E-state index contributed by atoms with van der Waals surface area (Å²) in [6.07, 6.45) is 2.77. The van der Waals surface area contributed by atoms with E-state index in [1.807, 2.05) is 18.2 Å². The number of carbonyl (C=O) groups excluding carboxylic acids is 1. The number of hydrogen-bond acceptors (Lipinski definition) is 5. The van der Waals surface area contributed by atoms with E-state index >= 15 is 0 Å². The number of pyridine rings is 1. The fourth-order valence-corrected chi connectivity index (χ4v) is 3.09. The van der Waals surface area contributed by atoms with Crippen molar-refractivity contribution in [3.8, 4) is 0 Å². The first-order chi connectivity index (χ1) is 12.0. The van der Waals surface area contributed by atoms with E-state index in [0.717, 1.165) is 39.1 Å². The van der Waals surface area contributed by atoms with Crippen LogP contribution in [-0.2, 0) is 11.3 Å². The lowest BCUT2D eigenvalue weighted by molar-refractivity contribution is -0.129. The Morgan fingerprint density at radius 1 is 1.12 bits per heavy atom. The van der Waals surface area contributed by atoms with Crippen LogP contribution in [0.1, 0.15) is 6.42 Å². The average Bonchev–Trinajstić information content (AvgIpc) is 2.77. The average molecular weight is 346 g/mol. The van der Waals surface area contributed by atoms with Crippen LogP contribution in [0.25, 0.3) is 5.65 Å². The van der Waals surface area contributed by atoms with Gasteiger partial charge in [-0.25, -0.2) is 9.48 Å². The Morgan fingerprint density at radius 3 is 2.64 bits per heavy atom. The van der Waals surface area contributed by atoms with Crippen LogP contribution in [0.15, 0.2) is 29.2 Å². The zero-order valence-electron chi connectivity index (χ0n) is 15.0. The number of rotatable bonds is 5. The van der Waals surface area contributed by atoms with Crippen molar-refractivity contribution in [1.82, 2.24) is 28.9 Å². The van der Waals surface area contributed by atoms with Crippen LogP contribution in [0.3, 0.4) is 0 Å². The zero-order valence-corrected chi connectivity index (χ0v) is 15.0. The first-order valence-electron chi connectivity index (χ1n) is 8.73. The number of fused-ring (bicyclic) bond motifs is 1. The SMILES string of the molecule is CN(C)C(=O)CN1CCCN(CCn2nc3ccccn3c2=O)CC1. The summed E-state index contributed by atoms with van der Waals surface area (Å²) in [5, 5.41) is 4.37. The van der Waals surface area contributed by atoms with Crippen LogP contribution >= 0.6 is 0 Å². The molecule has 1 aliphatic heterocycles. The molecule has 0 saturated carbocycles. The van der Waals surface area contributed by atoms with E-state index in [-0.39, 0.29) is 11.6 Å². The number of hydrogen-bond donors (Lipinski definition) is 0. The molecule has 0 radical (unpaired) electrons. The minimum Gasteiger partial charge on any atom is -0.348 e. The highest BCUT2D eigenvalue weighted by Crippen LogP contribution is 2.04. The van der Waals surface area contributed by atoms with Gasteiger partial charge < -0.3 is 9.80 Å². The highest BCUT2D eigenvalue weighted by Gasteiger charge is 2.18. The van der Waals surface area contributed by atoms with Crippen molar-refractivity contribution in [2.75, 3.05) is 53.4 Å². The van der Waals surface area contributed by atoms with Gasteiger partial charge in [0, 0.05) is 39.9 Å². The van der Waals surface area contributed by atoms with Gasteiger partial charge in [0.1, 0.15) is 0 Å². The van der Waals surface area contributed by atoms with E-state index in [1.54, 1.807) is 29.6 Å². The third-order valence-electron chi connectivity index (χ3n) is 4.66. The van der Waals surface area contributed by atoms with Gasteiger partial charge in [-0.2, -0.15) is 0 Å². The quantitative estimate of drug-likeness (QED) is 0.737. The van der Waals surface area contributed by atoms with Crippen molar-refractivity contribution in [2.24, 2.45) is 0 Å². The molecule has 0 aliphatic carbocycles. The first-order valence-corrected chi connectivity index (χ1v) is 8.73. The molecule has 0 N–H and O–H groups in total. The van der Waals surface area contributed by atoms with E-state index in [1.165, 1.54) is 4.68 Å². The van der Waals surface area contributed by atoms with Gasteiger partial charge in [-0.05, 0) is 31.6 Å². The maximum atomic E-state index is 12.3. The van der Waals surface area contributed by atoms with Gasteiger partial charge in [0.05, 0.1) is 13.1 Å². The molecule has 0 unspecified atom stereocenters. The second kappa shape index (κ2) is 7.79. The van der Waals surface area contributed by atoms with E-state index in [9.17, 15) is 9.59 Å². The summed E-state index contributed by atoms with van der Waals surface area (Å²) in [6.45, 7) is 5.55. The molecule has 0 aromatic carbocycles. The fourth-order valence-electron chi connectivity index (χ4n) is 3.09. The maximum Gasteiger partial charge on any atom is 0.350 e. The summed E-state index contributed by atoms with van der Waals surface area (Å²) < 4.78 is 3.10. The van der Waals surface area contributed by atoms with Gasteiger partial charge in [-0.1, -0.05) is 6.07 Å². The number of aromatic nitrogens is 3. The predicted molar refractivity (Wildman–Crippen MR) is 95.6 cm³/mol. The third kappa shape index (κ3) is 4.26. The van der Waals surface area contributed by atoms with E-state index in [4.69, 9.17) is 0 Å². The Morgan fingerprint density at radius 2 is 1.88 bits per heavy atom. The Hall–Kier alpha value is -2.19. The number of likely N-dealkylation sites (N-methyl/N-ethyl adjacent to an activating group) is 1. The topological polar surface area (TPSA) is 66.1 Å². The van der Waals surface area contributed by atoms with Crippen LogP contribution in [0.2, 0.25) is 0 Å². The molecule has 2 aromatic rings. The summed E-state index contributed by atoms with van der Waals surface area (Å²) in [5.74, 6) is 0.143. The van der Waals surface area contributed by atoms with Crippen LogP contribution in [-0.4, -0.2) is 88.2 Å². The minimum absolute atomic E-state index is 0.0939. The molecule has 8 nitrogen and oxygen atoms in total. The Kier molecular flexibility index (Phi) is 5.50. The second-order valence-electron chi connectivity index (χ2n) is 6.69. The zero-order chi connectivity index (χ0) is 17.8. The monoisotopic (exact) mass is 346 g/mol. The van der Waals surface area contributed by atoms with E-state index < -0.39 is 0 Å². The van der Waals surface area contributed by atoms with Crippen molar-refractivity contribution in [1.29, 1.82) is 0 Å². The van der Waals surface area contributed by atoms with Gasteiger partial charge >= 0.3 is 5.69 Å². The largest absolute Gasteiger partial charge is 0.350 e. The summed E-state index contributed by atoms with van der Waals surface area (Å²) >= 11 is 0. The molecule has 0 spiro atoms. The van der Waals surface area contributed by atoms with Crippen molar-refractivity contribution in [3.63, 3.8) is 0 Å². The van der Waals surface area contributed by atoms with Gasteiger partial charge in [-0.15, -0.1) is 5.10 Å². The number of carbonyl (C=O) groups is 1. The lowest BCUT2D eigenvalue weighted by Gasteiger charge is -2.22. The molecular weight excluding hydrogens is 320 g/mol. The van der Waals surface area contributed by atoms with Gasteiger partial charge in [0.2, 0.25) is 5.91 Å². The molecule has 3 heterocycles. The highest BCUT2D eigenvalue weighted by atomic mass is 16.2. The van der Waals surface area contributed by atoms with Crippen molar-refractivity contribution in [2.45, 2.75) is 13.0 Å². The maximum absolute atomic E-state index is 12.3. The molecule has 136 valence electrons. The minimum atomic E-state index is -0.0939. The predicted octanol–water partition coefficient (Wildman–Crippen LogP) is -0.408. The Bertz CT molecular complexity index is 781. The molecule has 1 amide bonds. The Labute approximate surface area is 147 Å². The second-order valence-corrected chi connectivity index (χ2v) is 6.69. The molecule has 0 bridgehead atoms. The lowest BCUT2D eigenvalue weighted by Crippen LogP contribution is -2.39. The molecule has 1 saturated heterocycles. The Balaban J connectivity index is 1.54. The van der Waals surface area contributed by atoms with Gasteiger partial charge in [0.25, 0.3) is 0 Å². The molecular formula is C17H26N6O2. The molecule has 1 aliphatic rings. The third-order valence-corrected chi connectivity index (χ3v) is 4.66. The summed E-state index contributed by atoms with van der Waals surface area (Å²) in [6, 6.07) is 5.55. The normalized spacial score (nSPS) is 16.9. The van der Waals surface area contributed by atoms with Crippen molar-refractivity contribution < 1.29 is 4.79 Å². The van der Waals surface area contributed by atoms with Crippen molar-refractivity contribution in [3.05, 3.63) is 34.9 Å². The number of amides is 1. The van der Waals surface area contributed by atoms with Gasteiger partial charge in [0.15, 0.2) is 5.65 Å². The highest BCUT2D eigenvalue weighted by molar-refractivity contribution is 5.77. The molecule has 1 fully saturated rings. The molecule has 3 rings (SSSR count). The van der Waals surface area contributed by atoms with Crippen molar-refractivity contribution >= 4 is 11.6 Å². The smallest absolute Gasteiger partial charge is 0.348 e. The summed E-state index contributed by atoms with van der Waals surface area (Å²) in [5.41, 5.74) is 0.584. The summed E-state index contributed by atoms with van der Waals surface area (Å²) in [4.78, 5) is 30.4. The van der Waals surface area contributed by atoms with Crippen LogP contribution < -0.4 is 5.69 Å². The molecule has 0 atom stereocenters. The van der Waals surface area contributed by atoms with Crippen LogP contribution in [0.4, 0.5) is 0 Å². The first kappa shape index (κ1) is 17.6. The molecule has 2 aromatic heterocycles. The van der Waals surface area contributed by atoms with E-state index in [2.05, 4.69) is 14.9 Å².